The zero-order valence-electron chi connectivity index (χ0n) is 14.9. The van der Waals surface area contributed by atoms with Gasteiger partial charge in [0.05, 0.1) is 13.7 Å². The second-order valence-corrected chi connectivity index (χ2v) is 6.23. The summed E-state index contributed by atoms with van der Waals surface area (Å²) >= 11 is 0. The molecule has 26 heavy (non-hydrogen) atoms. The van der Waals surface area contributed by atoms with E-state index >= 15 is 0 Å². The highest BCUT2D eigenvalue weighted by molar-refractivity contribution is 14.0. The first kappa shape index (κ1) is 22.7. The van der Waals surface area contributed by atoms with Gasteiger partial charge in [0.25, 0.3) is 0 Å². The number of halogens is 4. The maximum Gasteiger partial charge on any atom is 0.422 e. The van der Waals surface area contributed by atoms with Crippen molar-refractivity contribution in [3.05, 3.63) is 23.8 Å². The highest BCUT2D eigenvalue weighted by Crippen LogP contribution is 2.30. The van der Waals surface area contributed by atoms with Crippen LogP contribution in [0.2, 0.25) is 0 Å². The molecule has 0 unspecified atom stereocenters. The minimum absolute atomic E-state index is 0. The molecule has 0 saturated carbocycles. The lowest BCUT2D eigenvalue weighted by molar-refractivity contribution is -0.153. The number of rotatable bonds is 5. The summed E-state index contributed by atoms with van der Waals surface area (Å²) in [7, 11) is 1.38. The molecule has 0 aliphatic carbocycles. The topological polar surface area (TPSA) is 60.1 Å². The van der Waals surface area contributed by atoms with Crippen LogP contribution in [0.25, 0.3) is 0 Å². The van der Waals surface area contributed by atoms with Crippen LogP contribution < -0.4 is 15.2 Å². The molecular weight excluding hydrogens is 462 g/mol. The van der Waals surface area contributed by atoms with Crippen LogP contribution >= 0.6 is 24.0 Å². The Balaban J connectivity index is 0.00000338. The minimum atomic E-state index is -4.39. The molecule has 1 aromatic carbocycles. The van der Waals surface area contributed by atoms with Crippen LogP contribution in [0.5, 0.6) is 11.5 Å². The average Bonchev–Trinajstić information content (AvgIpc) is 2.58. The van der Waals surface area contributed by atoms with E-state index in [1.54, 1.807) is 12.1 Å². The van der Waals surface area contributed by atoms with Gasteiger partial charge in [-0.15, -0.1) is 24.0 Å². The van der Waals surface area contributed by atoms with Crippen molar-refractivity contribution in [3.63, 3.8) is 0 Å². The average molecular weight is 487 g/mol. The van der Waals surface area contributed by atoms with Crippen LogP contribution in [0.4, 0.5) is 13.2 Å². The van der Waals surface area contributed by atoms with Gasteiger partial charge in [0.1, 0.15) is 0 Å². The molecule has 1 aromatic rings. The van der Waals surface area contributed by atoms with Crippen LogP contribution in [-0.4, -0.2) is 43.8 Å². The Hall–Kier alpha value is -1.39. The Morgan fingerprint density at radius 2 is 1.92 bits per heavy atom. The fraction of sp³-hybridized carbons (Fsp3) is 0.588. The molecule has 1 heterocycles. The number of ether oxygens (including phenoxy) is 2. The van der Waals surface area contributed by atoms with Gasteiger partial charge >= 0.3 is 6.18 Å². The van der Waals surface area contributed by atoms with E-state index in [1.165, 1.54) is 13.2 Å². The van der Waals surface area contributed by atoms with E-state index in [0.29, 0.717) is 18.4 Å². The quantitative estimate of drug-likeness (QED) is 0.390. The van der Waals surface area contributed by atoms with Crippen LogP contribution in [0.3, 0.4) is 0 Å². The molecule has 0 amide bonds. The minimum Gasteiger partial charge on any atom is -0.493 e. The van der Waals surface area contributed by atoms with Gasteiger partial charge in [0.2, 0.25) is 0 Å². The highest BCUT2D eigenvalue weighted by Gasteiger charge is 2.29. The lowest BCUT2D eigenvalue weighted by atomic mass is 10.00. The molecule has 2 N–H and O–H groups in total. The highest BCUT2D eigenvalue weighted by atomic mass is 127. The summed E-state index contributed by atoms with van der Waals surface area (Å²) in [6, 6.07) is 4.72. The van der Waals surface area contributed by atoms with E-state index in [1.807, 2.05) is 0 Å². The molecule has 1 fully saturated rings. The third kappa shape index (κ3) is 7.08. The number of benzene rings is 1. The molecule has 0 bridgehead atoms. The largest absolute Gasteiger partial charge is 0.493 e. The summed E-state index contributed by atoms with van der Waals surface area (Å²) in [5.74, 6) is 1.48. The second kappa shape index (κ2) is 10.1. The number of alkyl halides is 3. The number of aliphatic imine (C=N–C) groups is 1. The summed E-state index contributed by atoms with van der Waals surface area (Å²) in [5, 5.41) is 0. The molecule has 0 atom stereocenters. The fourth-order valence-electron chi connectivity index (χ4n) is 2.60. The summed E-state index contributed by atoms with van der Waals surface area (Å²) in [5.41, 5.74) is 6.81. The Morgan fingerprint density at radius 1 is 1.27 bits per heavy atom. The number of piperidine rings is 1. The molecule has 5 nitrogen and oxygen atoms in total. The first-order chi connectivity index (χ1) is 11.8. The third-order valence-corrected chi connectivity index (χ3v) is 4.15. The third-order valence-electron chi connectivity index (χ3n) is 4.15. The number of likely N-dealkylation sites (tertiary alicyclic amines) is 1. The normalized spacial score (nSPS) is 16.2. The van der Waals surface area contributed by atoms with Crippen LogP contribution in [0, 0.1) is 5.92 Å². The van der Waals surface area contributed by atoms with Crippen LogP contribution in [-0.2, 0) is 6.54 Å². The van der Waals surface area contributed by atoms with Gasteiger partial charge in [0, 0.05) is 13.1 Å². The maximum atomic E-state index is 12.3. The SMILES string of the molecule is COc1cc(CN=C(N)N2CCC(C)CC2)ccc1OCC(F)(F)F.I. The standard InChI is InChI=1S/C17H24F3N3O2.HI/c1-12-5-7-23(8-6-12)16(21)22-10-13-3-4-14(15(9-13)24-2)25-11-17(18,19)20;/h3-4,9,12H,5-8,10-11H2,1-2H3,(H2,21,22);1H. The Labute approximate surface area is 168 Å². The van der Waals surface area contributed by atoms with E-state index in [4.69, 9.17) is 15.2 Å². The molecule has 9 heteroatoms. The Bertz CT molecular complexity index is 603. The fourth-order valence-corrected chi connectivity index (χ4v) is 2.60. The summed E-state index contributed by atoms with van der Waals surface area (Å²) in [6.45, 7) is 2.97. The lowest BCUT2D eigenvalue weighted by Crippen LogP contribution is -2.42. The molecule has 2 rings (SSSR count). The first-order valence-electron chi connectivity index (χ1n) is 8.20. The van der Waals surface area contributed by atoms with E-state index in [2.05, 4.69) is 16.8 Å². The van der Waals surface area contributed by atoms with Gasteiger partial charge in [-0.2, -0.15) is 13.2 Å². The zero-order valence-corrected chi connectivity index (χ0v) is 17.2. The molecule has 148 valence electrons. The van der Waals surface area contributed by atoms with Crippen LogP contribution in [0.1, 0.15) is 25.3 Å². The first-order valence-corrected chi connectivity index (χ1v) is 8.20. The predicted octanol–water partition coefficient (Wildman–Crippen LogP) is 3.80. The van der Waals surface area contributed by atoms with Gasteiger partial charge in [-0.25, -0.2) is 4.99 Å². The Morgan fingerprint density at radius 3 is 2.50 bits per heavy atom. The Kier molecular flexibility index (Phi) is 8.78. The smallest absolute Gasteiger partial charge is 0.422 e. The second-order valence-electron chi connectivity index (χ2n) is 6.23. The number of hydrogen-bond acceptors (Lipinski definition) is 3. The number of nitrogens with zero attached hydrogens (tertiary/aromatic N) is 2. The van der Waals surface area contributed by atoms with Crippen molar-refractivity contribution in [1.82, 2.24) is 4.90 Å². The maximum absolute atomic E-state index is 12.3. The number of hydrogen-bond donors (Lipinski definition) is 1. The number of guanidine groups is 1. The van der Waals surface area contributed by atoms with Gasteiger partial charge in [-0.1, -0.05) is 13.0 Å². The van der Waals surface area contributed by atoms with Crippen LogP contribution in [0.15, 0.2) is 23.2 Å². The van der Waals surface area contributed by atoms with E-state index < -0.39 is 12.8 Å². The molecule has 1 aliphatic heterocycles. The summed E-state index contributed by atoms with van der Waals surface area (Å²) in [4.78, 5) is 6.43. The van der Waals surface area contributed by atoms with E-state index in [9.17, 15) is 13.2 Å². The van der Waals surface area contributed by atoms with Gasteiger partial charge < -0.3 is 20.1 Å². The number of nitrogens with two attached hydrogens (primary N) is 1. The predicted molar refractivity (Wildman–Crippen MR) is 105 cm³/mol. The van der Waals surface area contributed by atoms with E-state index in [0.717, 1.165) is 31.5 Å². The molecule has 1 saturated heterocycles. The van der Waals surface area contributed by atoms with Gasteiger partial charge in [-0.05, 0) is 36.5 Å². The zero-order chi connectivity index (χ0) is 18.4. The van der Waals surface area contributed by atoms with Crippen molar-refractivity contribution >= 4 is 29.9 Å². The molecule has 0 aromatic heterocycles. The van der Waals surface area contributed by atoms with Crippen molar-refractivity contribution in [3.8, 4) is 11.5 Å². The van der Waals surface area contributed by atoms with Crippen molar-refractivity contribution in [1.29, 1.82) is 0 Å². The summed E-state index contributed by atoms with van der Waals surface area (Å²) in [6.07, 6.45) is -2.21. The monoisotopic (exact) mass is 487 g/mol. The lowest BCUT2D eigenvalue weighted by Gasteiger charge is -2.31. The van der Waals surface area contributed by atoms with Crippen molar-refractivity contribution < 1.29 is 22.6 Å². The van der Waals surface area contributed by atoms with Gasteiger partial charge in [0.15, 0.2) is 24.1 Å². The van der Waals surface area contributed by atoms with Crippen molar-refractivity contribution in [2.45, 2.75) is 32.5 Å². The molecule has 0 spiro atoms. The molecule has 1 aliphatic rings. The molecule has 0 radical (unpaired) electrons. The van der Waals surface area contributed by atoms with E-state index in [-0.39, 0.29) is 35.5 Å². The summed E-state index contributed by atoms with van der Waals surface area (Å²) < 4.78 is 46.7. The number of methoxy groups -OCH3 is 1. The van der Waals surface area contributed by atoms with Crippen molar-refractivity contribution in [2.24, 2.45) is 16.6 Å². The van der Waals surface area contributed by atoms with Crippen molar-refractivity contribution in [2.75, 3.05) is 26.8 Å². The van der Waals surface area contributed by atoms with Gasteiger partial charge in [-0.3, -0.25) is 0 Å². The molecular formula is C17H25F3IN3O2.